The lowest BCUT2D eigenvalue weighted by molar-refractivity contribution is 0.0846. The number of aryl methyl sites for hydroxylation is 1. The first kappa shape index (κ1) is 15.5. The van der Waals surface area contributed by atoms with Crippen molar-refractivity contribution in [3.63, 3.8) is 0 Å². The molecule has 2 aromatic carbocycles. The fourth-order valence-electron chi connectivity index (χ4n) is 1.89. The zero-order valence-corrected chi connectivity index (χ0v) is 12.1. The number of carbonyl (C=O) groups is 2. The smallest absolute Gasteiger partial charge is 0.269 e. The van der Waals surface area contributed by atoms with E-state index in [1.54, 1.807) is 25.1 Å². The van der Waals surface area contributed by atoms with E-state index < -0.39 is 17.6 Å². The molecule has 0 bridgehead atoms. The molecule has 0 fully saturated rings. The van der Waals surface area contributed by atoms with Crippen molar-refractivity contribution in [1.29, 1.82) is 0 Å². The van der Waals surface area contributed by atoms with Gasteiger partial charge in [-0.1, -0.05) is 18.2 Å². The number of halogens is 1. The van der Waals surface area contributed by atoms with E-state index in [-0.39, 0.29) is 11.3 Å². The molecule has 2 amide bonds. The molecule has 0 atom stereocenters. The second-order valence-electron chi connectivity index (χ2n) is 4.57. The second kappa shape index (κ2) is 6.71. The average molecular weight is 302 g/mol. The van der Waals surface area contributed by atoms with Crippen LogP contribution in [0.2, 0.25) is 0 Å². The van der Waals surface area contributed by atoms with Crippen LogP contribution < -0.4 is 15.6 Å². The molecule has 0 saturated carbocycles. The first-order valence-electron chi connectivity index (χ1n) is 6.52. The lowest BCUT2D eigenvalue weighted by Gasteiger charge is -2.09. The summed E-state index contributed by atoms with van der Waals surface area (Å²) in [6.45, 7) is 1.79. The first-order valence-corrected chi connectivity index (χ1v) is 6.52. The molecule has 114 valence electrons. The maximum atomic E-state index is 13.5. The highest BCUT2D eigenvalue weighted by atomic mass is 19.1. The Bertz CT molecular complexity index is 716. The summed E-state index contributed by atoms with van der Waals surface area (Å²) in [5.74, 6) is -1.68. The number of benzene rings is 2. The summed E-state index contributed by atoms with van der Waals surface area (Å²) in [7, 11) is 1.33. The highest BCUT2D eigenvalue weighted by molar-refractivity contribution is 5.99. The second-order valence-corrected chi connectivity index (χ2v) is 4.57. The quantitative estimate of drug-likeness (QED) is 0.854. The van der Waals surface area contributed by atoms with Crippen LogP contribution in [0.25, 0.3) is 0 Å². The number of hydrogen-bond donors (Lipinski definition) is 2. The van der Waals surface area contributed by atoms with E-state index in [2.05, 4.69) is 10.9 Å². The SMILES string of the molecule is COc1ccc(C(=O)NNC(=O)c2ccccc2C)cc1F. The van der Waals surface area contributed by atoms with Gasteiger partial charge in [-0.3, -0.25) is 20.4 Å². The van der Waals surface area contributed by atoms with Gasteiger partial charge in [0.15, 0.2) is 11.6 Å². The van der Waals surface area contributed by atoms with Crippen LogP contribution in [0.3, 0.4) is 0 Å². The van der Waals surface area contributed by atoms with Crippen molar-refractivity contribution in [1.82, 2.24) is 10.9 Å². The van der Waals surface area contributed by atoms with Crippen molar-refractivity contribution in [2.45, 2.75) is 6.92 Å². The van der Waals surface area contributed by atoms with Crippen LogP contribution in [-0.4, -0.2) is 18.9 Å². The molecule has 2 N–H and O–H groups in total. The van der Waals surface area contributed by atoms with Crippen molar-refractivity contribution in [2.75, 3.05) is 7.11 Å². The minimum Gasteiger partial charge on any atom is -0.494 e. The standard InChI is InChI=1S/C16H15FN2O3/c1-10-5-3-4-6-12(10)16(21)19-18-15(20)11-7-8-14(22-2)13(17)9-11/h3-9H,1-2H3,(H,18,20)(H,19,21). The van der Waals surface area contributed by atoms with Gasteiger partial charge < -0.3 is 4.74 Å². The van der Waals surface area contributed by atoms with E-state index in [0.29, 0.717) is 5.56 Å². The predicted molar refractivity (Wildman–Crippen MR) is 79.1 cm³/mol. The topological polar surface area (TPSA) is 67.4 Å². The summed E-state index contributed by atoms with van der Waals surface area (Å²) >= 11 is 0. The van der Waals surface area contributed by atoms with Crippen molar-refractivity contribution >= 4 is 11.8 Å². The van der Waals surface area contributed by atoms with Gasteiger partial charge >= 0.3 is 0 Å². The molecule has 0 radical (unpaired) electrons. The Morgan fingerprint density at radius 1 is 1.05 bits per heavy atom. The highest BCUT2D eigenvalue weighted by Gasteiger charge is 2.12. The summed E-state index contributed by atoms with van der Waals surface area (Å²) in [6, 6.07) is 10.7. The predicted octanol–water partition coefficient (Wildman–Crippen LogP) is 2.22. The molecule has 2 rings (SSSR count). The minimum atomic E-state index is -0.652. The molecule has 0 aromatic heterocycles. The highest BCUT2D eigenvalue weighted by Crippen LogP contribution is 2.17. The maximum absolute atomic E-state index is 13.5. The maximum Gasteiger partial charge on any atom is 0.269 e. The van der Waals surface area contributed by atoms with Crippen molar-refractivity contribution in [2.24, 2.45) is 0 Å². The third-order valence-electron chi connectivity index (χ3n) is 3.09. The number of nitrogens with one attached hydrogen (secondary N) is 2. The fraction of sp³-hybridized carbons (Fsp3) is 0.125. The monoisotopic (exact) mass is 302 g/mol. The van der Waals surface area contributed by atoms with Gasteiger partial charge in [0, 0.05) is 11.1 Å². The summed E-state index contributed by atoms with van der Waals surface area (Å²) in [5.41, 5.74) is 5.84. The van der Waals surface area contributed by atoms with Crippen molar-refractivity contribution in [3.8, 4) is 5.75 Å². The Balaban J connectivity index is 2.02. The van der Waals surface area contributed by atoms with Crippen LogP contribution in [0, 0.1) is 12.7 Å². The molecule has 5 nitrogen and oxygen atoms in total. The first-order chi connectivity index (χ1) is 10.5. The number of hydrogen-bond acceptors (Lipinski definition) is 3. The molecule has 0 heterocycles. The van der Waals surface area contributed by atoms with E-state index in [1.807, 2.05) is 6.07 Å². The number of ether oxygens (including phenoxy) is 1. The Labute approximate surface area is 127 Å². The van der Waals surface area contributed by atoms with E-state index in [9.17, 15) is 14.0 Å². The molecular weight excluding hydrogens is 287 g/mol. The summed E-state index contributed by atoms with van der Waals surface area (Å²) < 4.78 is 18.3. The van der Waals surface area contributed by atoms with Gasteiger partial charge in [-0.15, -0.1) is 0 Å². The van der Waals surface area contributed by atoms with Gasteiger partial charge in [-0.2, -0.15) is 0 Å². The van der Waals surface area contributed by atoms with Gasteiger partial charge in [0.05, 0.1) is 7.11 Å². The lowest BCUT2D eigenvalue weighted by atomic mass is 10.1. The Morgan fingerprint density at radius 2 is 1.73 bits per heavy atom. The normalized spacial score (nSPS) is 9.95. The zero-order valence-electron chi connectivity index (χ0n) is 12.1. The van der Waals surface area contributed by atoms with E-state index in [1.165, 1.54) is 19.2 Å². The molecule has 0 unspecified atom stereocenters. The van der Waals surface area contributed by atoms with Gasteiger partial charge in [-0.05, 0) is 36.8 Å². The van der Waals surface area contributed by atoms with E-state index in [4.69, 9.17) is 4.74 Å². The largest absolute Gasteiger partial charge is 0.494 e. The molecule has 0 aliphatic carbocycles. The number of methoxy groups -OCH3 is 1. The van der Waals surface area contributed by atoms with Gasteiger partial charge in [0.1, 0.15) is 0 Å². The van der Waals surface area contributed by atoms with Gasteiger partial charge in [-0.25, -0.2) is 4.39 Å². The third kappa shape index (κ3) is 3.41. The molecular formula is C16H15FN2O3. The number of amides is 2. The van der Waals surface area contributed by atoms with Crippen LogP contribution in [0.15, 0.2) is 42.5 Å². The van der Waals surface area contributed by atoms with Crippen LogP contribution in [0.1, 0.15) is 26.3 Å². The summed E-state index contributed by atoms with van der Waals surface area (Å²) in [4.78, 5) is 23.8. The van der Waals surface area contributed by atoms with Crippen molar-refractivity contribution in [3.05, 3.63) is 65.0 Å². The third-order valence-corrected chi connectivity index (χ3v) is 3.09. The molecule has 0 spiro atoms. The summed E-state index contributed by atoms with van der Waals surface area (Å²) in [6.07, 6.45) is 0. The summed E-state index contributed by atoms with van der Waals surface area (Å²) in [5, 5.41) is 0. The van der Waals surface area contributed by atoms with Crippen LogP contribution in [0.5, 0.6) is 5.75 Å². The van der Waals surface area contributed by atoms with Gasteiger partial charge in [0.25, 0.3) is 11.8 Å². The van der Waals surface area contributed by atoms with Crippen LogP contribution >= 0.6 is 0 Å². The number of carbonyl (C=O) groups excluding carboxylic acids is 2. The number of rotatable bonds is 3. The van der Waals surface area contributed by atoms with Crippen molar-refractivity contribution < 1.29 is 18.7 Å². The molecule has 0 aliphatic rings. The fourth-order valence-corrected chi connectivity index (χ4v) is 1.89. The van der Waals surface area contributed by atoms with Gasteiger partial charge in [0.2, 0.25) is 0 Å². The van der Waals surface area contributed by atoms with Crippen LogP contribution in [0.4, 0.5) is 4.39 Å². The van der Waals surface area contributed by atoms with E-state index in [0.717, 1.165) is 11.6 Å². The minimum absolute atomic E-state index is 0.0421. The zero-order chi connectivity index (χ0) is 16.1. The molecule has 2 aromatic rings. The number of hydrazine groups is 1. The van der Waals surface area contributed by atoms with Crippen LogP contribution in [-0.2, 0) is 0 Å². The molecule has 22 heavy (non-hydrogen) atoms. The lowest BCUT2D eigenvalue weighted by Crippen LogP contribution is -2.41. The Morgan fingerprint density at radius 3 is 2.36 bits per heavy atom. The Hall–Kier alpha value is -2.89. The molecule has 6 heteroatoms. The Kier molecular flexibility index (Phi) is 4.73. The van der Waals surface area contributed by atoms with E-state index >= 15 is 0 Å². The average Bonchev–Trinajstić information content (AvgIpc) is 2.52. The molecule has 0 aliphatic heterocycles. The molecule has 0 saturated heterocycles.